The van der Waals surface area contributed by atoms with Crippen LogP contribution in [0.3, 0.4) is 0 Å². The van der Waals surface area contributed by atoms with Gasteiger partial charge in [-0.2, -0.15) is 10.2 Å². The van der Waals surface area contributed by atoms with Gasteiger partial charge < -0.3 is 19.5 Å². The summed E-state index contributed by atoms with van der Waals surface area (Å²) in [5, 5.41) is 16.6. The molecule has 1 aliphatic rings. The Morgan fingerprint density at radius 3 is 3.00 bits per heavy atom. The second kappa shape index (κ2) is 8.74. The van der Waals surface area contributed by atoms with Crippen molar-refractivity contribution in [2.75, 3.05) is 31.7 Å². The van der Waals surface area contributed by atoms with E-state index in [2.05, 4.69) is 31.4 Å². The summed E-state index contributed by atoms with van der Waals surface area (Å²) in [5.41, 5.74) is 0.643. The summed E-state index contributed by atoms with van der Waals surface area (Å²) >= 11 is 0. The molecule has 0 amide bonds. The van der Waals surface area contributed by atoms with Crippen LogP contribution in [0.2, 0.25) is 0 Å². The van der Waals surface area contributed by atoms with Crippen molar-refractivity contribution in [1.82, 2.24) is 20.4 Å². The van der Waals surface area contributed by atoms with E-state index in [4.69, 9.17) is 14.5 Å². The largest absolute Gasteiger partial charge is 0.384 e. The number of aromatic nitrogens is 3. The van der Waals surface area contributed by atoms with Crippen LogP contribution >= 0.6 is 0 Å². The van der Waals surface area contributed by atoms with Crippen LogP contribution in [-0.4, -0.2) is 48.0 Å². The Morgan fingerprint density at radius 2 is 2.27 bits per heavy atom. The molecule has 0 spiro atoms. The third kappa shape index (κ3) is 4.56. The molecule has 3 rings (SSSR count). The molecule has 8 nitrogen and oxygen atoms in total. The van der Waals surface area contributed by atoms with Gasteiger partial charge >= 0.3 is 0 Å². The van der Waals surface area contributed by atoms with Crippen LogP contribution in [0.5, 0.6) is 0 Å². The van der Waals surface area contributed by atoms with Crippen LogP contribution in [0.1, 0.15) is 43.1 Å². The molecule has 1 aliphatic heterocycles. The molecule has 1 fully saturated rings. The zero-order chi connectivity index (χ0) is 18.4. The van der Waals surface area contributed by atoms with E-state index < -0.39 is 0 Å². The highest BCUT2D eigenvalue weighted by atomic mass is 16.5. The van der Waals surface area contributed by atoms with Crippen molar-refractivity contribution in [1.29, 1.82) is 5.26 Å². The molecule has 2 aromatic rings. The first-order valence-corrected chi connectivity index (χ1v) is 8.88. The molecule has 0 saturated carbocycles. The number of nitrogens with one attached hydrogen (secondary N) is 1. The normalized spacial score (nSPS) is 16.4. The molecule has 3 heterocycles. The number of pyridine rings is 1. The Hall–Kier alpha value is -2.50. The number of nitriles is 1. The van der Waals surface area contributed by atoms with E-state index in [1.54, 1.807) is 19.4 Å². The third-order valence-electron chi connectivity index (χ3n) is 4.56. The van der Waals surface area contributed by atoms with Gasteiger partial charge in [0, 0.05) is 38.9 Å². The molecule has 26 heavy (non-hydrogen) atoms. The minimum Gasteiger partial charge on any atom is -0.384 e. The molecular weight excluding hydrogens is 332 g/mol. The summed E-state index contributed by atoms with van der Waals surface area (Å²) in [6, 6.07) is 6.13. The van der Waals surface area contributed by atoms with Gasteiger partial charge in [0.15, 0.2) is 5.82 Å². The number of anilines is 1. The minimum atomic E-state index is 0.00962. The number of hydrogen-bond donors (Lipinski definition) is 1. The lowest BCUT2D eigenvalue weighted by Crippen LogP contribution is -2.43. The van der Waals surface area contributed by atoms with E-state index in [9.17, 15) is 0 Å². The van der Waals surface area contributed by atoms with Crippen LogP contribution in [0, 0.1) is 11.3 Å². The molecule has 0 radical (unpaired) electrons. The number of methoxy groups -OCH3 is 1. The first-order chi connectivity index (χ1) is 12.7. The van der Waals surface area contributed by atoms with Gasteiger partial charge in [0.25, 0.3) is 0 Å². The molecule has 0 bridgehead atoms. The van der Waals surface area contributed by atoms with Gasteiger partial charge in [-0.05, 0) is 31.9 Å². The number of nitrogens with zero attached hydrogens (tertiary/aromatic N) is 5. The highest BCUT2D eigenvalue weighted by molar-refractivity contribution is 5.45. The lowest BCUT2D eigenvalue weighted by atomic mass is 10.0. The molecule has 2 aromatic heterocycles. The van der Waals surface area contributed by atoms with Crippen molar-refractivity contribution >= 4 is 5.82 Å². The maximum absolute atomic E-state index is 9.03. The number of piperidine rings is 1. The molecular formula is C18H24N6O2. The van der Waals surface area contributed by atoms with Gasteiger partial charge in [-0.1, -0.05) is 5.16 Å². The molecule has 1 saturated heterocycles. The highest BCUT2D eigenvalue weighted by Gasteiger charge is 2.23. The molecule has 0 aromatic carbocycles. The number of ether oxygens (including phenoxy) is 1. The average molecular weight is 356 g/mol. The lowest BCUT2D eigenvalue weighted by Gasteiger charge is -2.34. The summed E-state index contributed by atoms with van der Waals surface area (Å²) in [6.07, 6.45) is 4.33. The predicted molar refractivity (Wildman–Crippen MR) is 95.6 cm³/mol. The molecule has 1 atom stereocenters. The van der Waals surface area contributed by atoms with Crippen molar-refractivity contribution in [2.24, 2.45) is 0 Å². The first kappa shape index (κ1) is 18.3. The molecule has 138 valence electrons. The topological polar surface area (TPSA) is 100 Å². The first-order valence-electron chi connectivity index (χ1n) is 8.88. The Balaban J connectivity index is 1.50. The zero-order valence-corrected chi connectivity index (χ0v) is 15.2. The predicted octanol–water partition coefficient (Wildman–Crippen LogP) is 1.84. The van der Waals surface area contributed by atoms with Crippen molar-refractivity contribution in [3.63, 3.8) is 0 Å². The SMILES string of the molecule is COCCc1noc(C(C)NC2CCN(c3cc(C#N)ccn3)CC2)n1. The summed E-state index contributed by atoms with van der Waals surface area (Å²) in [4.78, 5) is 11.0. The summed E-state index contributed by atoms with van der Waals surface area (Å²) in [6.45, 7) is 4.42. The van der Waals surface area contributed by atoms with Crippen molar-refractivity contribution in [3.8, 4) is 6.07 Å². The Bertz CT molecular complexity index is 748. The zero-order valence-electron chi connectivity index (χ0n) is 15.2. The van der Waals surface area contributed by atoms with Gasteiger partial charge in [0.05, 0.1) is 24.3 Å². The van der Waals surface area contributed by atoms with E-state index in [0.717, 1.165) is 31.7 Å². The second-order valence-electron chi connectivity index (χ2n) is 6.46. The van der Waals surface area contributed by atoms with E-state index >= 15 is 0 Å². The van der Waals surface area contributed by atoms with Gasteiger partial charge in [0.1, 0.15) is 5.82 Å². The minimum absolute atomic E-state index is 0.00962. The highest BCUT2D eigenvalue weighted by Crippen LogP contribution is 2.21. The number of hydrogen-bond acceptors (Lipinski definition) is 8. The van der Waals surface area contributed by atoms with Crippen LogP contribution in [0.15, 0.2) is 22.9 Å². The molecule has 1 unspecified atom stereocenters. The summed E-state index contributed by atoms with van der Waals surface area (Å²) in [5.74, 6) is 2.16. The van der Waals surface area contributed by atoms with Crippen LogP contribution in [0.4, 0.5) is 5.82 Å². The van der Waals surface area contributed by atoms with Gasteiger partial charge in [-0.15, -0.1) is 0 Å². The molecule has 8 heteroatoms. The lowest BCUT2D eigenvalue weighted by molar-refractivity contribution is 0.199. The molecule has 0 aliphatic carbocycles. The van der Waals surface area contributed by atoms with E-state index in [1.165, 1.54) is 0 Å². The van der Waals surface area contributed by atoms with Gasteiger partial charge in [0.2, 0.25) is 5.89 Å². The maximum Gasteiger partial charge on any atom is 0.243 e. The van der Waals surface area contributed by atoms with Crippen LogP contribution < -0.4 is 10.2 Å². The third-order valence-corrected chi connectivity index (χ3v) is 4.56. The van der Waals surface area contributed by atoms with Crippen molar-refractivity contribution < 1.29 is 9.26 Å². The average Bonchev–Trinajstić information content (AvgIpc) is 3.16. The fourth-order valence-corrected chi connectivity index (χ4v) is 3.10. The van der Waals surface area contributed by atoms with Crippen LogP contribution in [-0.2, 0) is 11.2 Å². The Labute approximate surface area is 153 Å². The summed E-state index contributed by atoms with van der Waals surface area (Å²) in [7, 11) is 1.66. The van der Waals surface area contributed by atoms with Crippen molar-refractivity contribution in [2.45, 2.75) is 38.3 Å². The van der Waals surface area contributed by atoms with E-state index in [-0.39, 0.29) is 6.04 Å². The fourth-order valence-electron chi connectivity index (χ4n) is 3.10. The maximum atomic E-state index is 9.03. The van der Waals surface area contributed by atoms with E-state index in [0.29, 0.717) is 36.3 Å². The fraction of sp³-hybridized carbons (Fsp3) is 0.556. The standard InChI is InChI=1S/C18H24N6O2/c1-13(18-22-16(23-26-18)6-10-25-2)21-15-4-8-24(9-5-15)17-11-14(12-19)3-7-20-17/h3,7,11,13,15,21H,4-6,8-10H2,1-2H3. The smallest absolute Gasteiger partial charge is 0.243 e. The van der Waals surface area contributed by atoms with E-state index in [1.807, 2.05) is 13.0 Å². The Kier molecular flexibility index (Phi) is 6.15. The van der Waals surface area contributed by atoms with Gasteiger partial charge in [-0.25, -0.2) is 4.98 Å². The quantitative estimate of drug-likeness (QED) is 0.802. The Morgan fingerprint density at radius 1 is 1.46 bits per heavy atom. The van der Waals surface area contributed by atoms with Crippen LogP contribution in [0.25, 0.3) is 0 Å². The van der Waals surface area contributed by atoms with Gasteiger partial charge in [-0.3, -0.25) is 0 Å². The second-order valence-corrected chi connectivity index (χ2v) is 6.46. The number of rotatable bonds is 7. The molecule has 1 N–H and O–H groups in total. The monoisotopic (exact) mass is 356 g/mol. The van der Waals surface area contributed by atoms with Crippen molar-refractivity contribution in [3.05, 3.63) is 35.6 Å². The summed E-state index contributed by atoms with van der Waals surface area (Å²) < 4.78 is 10.4.